The maximum absolute atomic E-state index is 13.5. The van der Waals surface area contributed by atoms with Gasteiger partial charge in [0.25, 0.3) is 5.91 Å². The van der Waals surface area contributed by atoms with E-state index in [-0.39, 0.29) is 23.2 Å². The van der Waals surface area contributed by atoms with Crippen LogP contribution in [0.5, 0.6) is 0 Å². The normalized spacial score (nSPS) is 22.5. The molecule has 2 aliphatic rings. The van der Waals surface area contributed by atoms with Crippen molar-refractivity contribution in [1.82, 2.24) is 5.32 Å². The van der Waals surface area contributed by atoms with Gasteiger partial charge in [-0.3, -0.25) is 4.79 Å². The van der Waals surface area contributed by atoms with Crippen LogP contribution in [-0.4, -0.2) is 60.0 Å². The van der Waals surface area contributed by atoms with Crippen molar-refractivity contribution in [2.45, 2.75) is 50.1 Å². The Morgan fingerprint density at radius 3 is 2.49 bits per heavy atom. The van der Waals surface area contributed by atoms with Crippen LogP contribution < -0.4 is 10.2 Å². The second-order valence-corrected chi connectivity index (χ2v) is 14.1. The number of sulfone groups is 1. The summed E-state index contributed by atoms with van der Waals surface area (Å²) in [5.74, 6) is -0.663. The van der Waals surface area contributed by atoms with E-state index in [9.17, 15) is 18.0 Å². The number of halogens is 2. The minimum atomic E-state index is -3.24. The summed E-state index contributed by atoms with van der Waals surface area (Å²) in [6.07, 6.45) is -0.528. The highest BCUT2D eigenvalue weighted by Gasteiger charge is 2.49. The number of nitrogens with one attached hydrogen (secondary N) is 1. The van der Waals surface area contributed by atoms with Gasteiger partial charge in [-0.05, 0) is 44.5 Å². The van der Waals surface area contributed by atoms with Gasteiger partial charge >= 0.3 is 6.09 Å². The van der Waals surface area contributed by atoms with E-state index in [0.29, 0.717) is 20.9 Å². The van der Waals surface area contributed by atoms with E-state index in [2.05, 4.69) is 10.3 Å². The molecule has 0 radical (unpaired) electrons. The Morgan fingerprint density at radius 2 is 1.84 bits per heavy atom. The number of hydrogen-bond donors (Lipinski definition) is 1. The smallest absolute Gasteiger partial charge is 0.408 e. The molecule has 0 saturated carbocycles. The highest BCUT2D eigenvalue weighted by atomic mass is 35.5. The van der Waals surface area contributed by atoms with E-state index < -0.39 is 39.5 Å². The van der Waals surface area contributed by atoms with Crippen molar-refractivity contribution >= 4 is 67.7 Å². The predicted octanol–water partition coefficient (Wildman–Crippen LogP) is 4.73. The van der Waals surface area contributed by atoms with E-state index in [1.54, 1.807) is 43.9 Å². The average molecular weight is 585 g/mol. The Labute approximate surface area is 230 Å². The maximum Gasteiger partial charge on any atom is 0.408 e. The van der Waals surface area contributed by atoms with Crippen LogP contribution >= 0.6 is 35.0 Å². The molecule has 0 aromatic heterocycles. The molecule has 2 aromatic rings. The summed E-state index contributed by atoms with van der Waals surface area (Å²) in [5, 5.41) is 3.35. The monoisotopic (exact) mass is 583 g/mol. The zero-order valence-corrected chi connectivity index (χ0v) is 23.6. The summed E-state index contributed by atoms with van der Waals surface area (Å²) in [7, 11) is -3.24. The van der Waals surface area contributed by atoms with Crippen molar-refractivity contribution < 1.29 is 22.7 Å². The van der Waals surface area contributed by atoms with Gasteiger partial charge in [-0.1, -0.05) is 65.3 Å². The number of anilines is 1. The van der Waals surface area contributed by atoms with Gasteiger partial charge in [0.05, 0.1) is 27.6 Å². The standard InChI is InChI=1S/C25H27Cl2N3O5S2/c1-25(2,3)35-24(32)28-19(11-15-7-5-4-6-8-15)22(31)29-23-30(16-9-10-17(26)18(27)12-16)20-13-37(33,34)14-21(20)36-23/h4-10,12,19-21H,11,13-14H2,1-3H3,(H,28,32)/t19-,20+,21-/m1/s1. The molecule has 3 atom stereocenters. The van der Waals surface area contributed by atoms with Crippen LogP contribution in [0.3, 0.4) is 0 Å². The lowest BCUT2D eigenvalue weighted by Gasteiger charge is -2.25. The van der Waals surface area contributed by atoms with Crippen LogP contribution in [0.15, 0.2) is 53.5 Å². The lowest BCUT2D eigenvalue weighted by molar-refractivity contribution is -0.119. The number of rotatable bonds is 5. The van der Waals surface area contributed by atoms with E-state index >= 15 is 0 Å². The lowest BCUT2D eigenvalue weighted by atomic mass is 10.1. The molecule has 2 aliphatic heterocycles. The molecule has 0 spiro atoms. The van der Waals surface area contributed by atoms with E-state index in [1.807, 2.05) is 30.3 Å². The molecule has 1 N–H and O–H groups in total. The summed E-state index contributed by atoms with van der Waals surface area (Å²) in [5.41, 5.74) is 0.670. The van der Waals surface area contributed by atoms with Gasteiger partial charge in [-0.25, -0.2) is 13.2 Å². The van der Waals surface area contributed by atoms with Crippen molar-refractivity contribution in [2.75, 3.05) is 16.4 Å². The van der Waals surface area contributed by atoms with Gasteiger partial charge in [-0.15, -0.1) is 0 Å². The van der Waals surface area contributed by atoms with Crippen molar-refractivity contribution in [3.63, 3.8) is 0 Å². The first kappa shape index (κ1) is 27.8. The minimum absolute atomic E-state index is 0.0169. The number of nitrogens with zero attached hydrogens (tertiary/aromatic N) is 2. The van der Waals surface area contributed by atoms with Gasteiger partial charge in [-0.2, -0.15) is 4.99 Å². The molecule has 2 amide bonds. The van der Waals surface area contributed by atoms with Gasteiger partial charge in [0.15, 0.2) is 15.0 Å². The number of carbonyl (C=O) groups excluding carboxylic acids is 2. The van der Waals surface area contributed by atoms with Crippen LogP contribution in [0.2, 0.25) is 10.0 Å². The second-order valence-electron chi connectivity index (χ2n) is 9.89. The van der Waals surface area contributed by atoms with Gasteiger partial charge in [0.2, 0.25) is 0 Å². The van der Waals surface area contributed by atoms with Gasteiger partial charge < -0.3 is 15.0 Å². The summed E-state index contributed by atoms with van der Waals surface area (Å²) in [4.78, 5) is 32.1. The molecule has 0 aliphatic carbocycles. The van der Waals surface area contributed by atoms with Crippen molar-refractivity contribution in [3.8, 4) is 0 Å². The number of carbonyl (C=O) groups is 2. The molecule has 8 nitrogen and oxygen atoms in total. The number of aliphatic imine (C=N–C) groups is 1. The number of thioether (sulfide) groups is 1. The van der Waals surface area contributed by atoms with Crippen LogP contribution in [-0.2, 0) is 25.8 Å². The molecule has 0 unspecified atom stereocenters. The molecule has 4 rings (SSSR count). The Hall–Kier alpha value is -2.27. The summed E-state index contributed by atoms with van der Waals surface area (Å²) < 4.78 is 30.1. The zero-order valence-electron chi connectivity index (χ0n) is 20.5. The molecule has 198 valence electrons. The van der Waals surface area contributed by atoms with Crippen molar-refractivity contribution in [3.05, 3.63) is 64.1 Å². The van der Waals surface area contributed by atoms with Crippen molar-refractivity contribution in [2.24, 2.45) is 4.99 Å². The number of hydrogen-bond acceptors (Lipinski definition) is 6. The number of benzene rings is 2. The highest BCUT2D eigenvalue weighted by molar-refractivity contribution is 8.16. The summed E-state index contributed by atoms with van der Waals surface area (Å²) in [6.45, 7) is 5.20. The second kappa shape index (κ2) is 10.8. The highest BCUT2D eigenvalue weighted by Crippen LogP contribution is 2.42. The molecule has 2 fully saturated rings. The molecule has 0 bridgehead atoms. The quantitative estimate of drug-likeness (QED) is 0.542. The summed E-state index contributed by atoms with van der Waals surface area (Å²) in [6, 6.07) is 12.8. The lowest BCUT2D eigenvalue weighted by Crippen LogP contribution is -2.45. The topological polar surface area (TPSA) is 105 Å². The third-order valence-corrected chi connectivity index (χ3v) is 9.67. The molecular formula is C25H27Cl2N3O5S2. The minimum Gasteiger partial charge on any atom is -0.444 e. The Morgan fingerprint density at radius 1 is 1.14 bits per heavy atom. The van der Waals surface area contributed by atoms with Crippen LogP contribution in [0.4, 0.5) is 10.5 Å². The number of ether oxygens (including phenoxy) is 1. The fourth-order valence-electron chi connectivity index (χ4n) is 4.17. The van der Waals surface area contributed by atoms with Crippen LogP contribution in [0, 0.1) is 0 Å². The van der Waals surface area contributed by atoms with E-state index in [1.165, 1.54) is 11.8 Å². The molecule has 2 saturated heterocycles. The molecule has 37 heavy (non-hydrogen) atoms. The molecular weight excluding hydrogens is 557 g/mol. The van der Waals surface area contributed by atoms with Gasteiger partial charge in [0.1, 0.15) is 11.6 Å². The Kier molecular flexibility index (Phi) is 8.13. The largest absolute Gasteiger partial charge is 0.444 e. The average Bonchev–Trinajstić information content (AvgIpc) is 3.25. The fourth-order valence-corrected chi connectivity index (χ4v) is 8.38. The van der Waals surface area contributed by atoms with Crippen molar-refractivity contribution in [1.29, 1.82) is 0 Å². The Balaban J connectivity index is 1.66. The van der Waals surface area contributed by atoms with Gasteiger partial charge in [0, 0.05) is 17.4 Å². The number of amidine groups is 1. The van der Waals surface area contributed by atoms with E-state index in [4.69, 9.17) is 27.9 Å². The first-order valence-electron chi connectivity index (χ1n) is 11.6. The van der Waals surface area contributed by atoms with E-state index in [0.717, 1.165) is 5.56 Å². The zero-order chi connectivity index (χ0) is 27.0. The van der Waals surface area contributed by atoms with Crippen LogP contribution in [0.1, 0.15) is 26.3 Å². The molecule has 2 heterocycles. The summed E-state index contributed by atoms with van der Waals surface area (Å²) >= 11 is 13.6. The SMILES string of the molecule is CC(C)(C)OC(=O)N[C@H](Cc1ccccc1)C(=O)N=C1S[C@@H]2CS(=O)(=O)C[C@@H]2N1c1ccc(Cl)c(Cl)c1. The Bertz CT molecular complexity index is 1330. The molecule has 12 heteroatoms. The fraction of sp³-hybridized carbons (Fsp3) is 0.400. The first-order chi connectivity index (χ1) is 17.3. The number of alkyl carbamates (subject to hydrolysis) is 1. The third-order valence-electron chi connectivity index (χ3n) is 5.73. The third kappa shape index (κ3) is 6.98. The maximum atomic E-state index is 13.5. The number of fused-ring (bicyclic) bond motifs is 1. The predicted molar refractivity (Wildman–Crippen MR) is 149 cm³/mol. The molecule has 2 aromatic carbocycles. The number of amides is 2. The first-order valence-corrected chi connectivity index (χ1v) is 15.0. The van der Waals surface area contributed by atoms with Crippen LogP contribution in [0.25, 0.3) is 0 Å².